The van der Waals surface area contributed by atoms with Gasteiger partial charge in [-0.15, -0.1) is 0 Å². The van der Waals surface area contributed by atoms with E-state index in [4.69, 9.17) is 9.47 Å². The molecule has 0 saturated carbocycles. The van der Waals surface area contributed by atoms with Gasteiger partial charge < -0.3 is 9.47 Å². The molecule has 0 saturated heterocycles. The minimum absolute atomic E-state index is 0.121. The lowest BCUT2D eigenvalue weighted by atomic mass is 10.0. The normalized spacial score (nSPS) is 16.0. The van der Waals surface area contributed by atoms with E-state index in [1.807, 2.05) is 31.2 Å². The third-order valence-electron chi connectivity index (χ3n) is 4.57. The topological polar surface area (TPSA) is 89.0 Å². The molecule has 1 heterocycles. The first-order valence-electron chi connectivity index (χ1n) is 9.04. The number of guanidine groups is 1. The number of methoxy groups -OCH3 is 2. The Hall–Kier alpha value is -3.35. The fraction of sp³-hybridized carbons (Fsp3) is 0.286. The largest absolute Gasteiger partial charge is 0.493 e. The van der Waals surface area contributed by atoms with Gasteiger partial charge in [0, 0.05) is 11.1 Å². The second kappa shape index (κ2) is 8.56. The van der Waals surface area contributed by atoms with E-state index in [9.17, 15) is 9.59 Å². The number of benzene rings is 2. The van der Waals surface area contributed by atoms with Gasteiger partial charge in [-0.1, -0.05) is 31.2 Å². The fourth-order valence-electron chi connectivity index (χ4n) is 3.08. The van der Waals surface area contributed by atoms with Gasteiger partial charge in [0.05, 0.1) is 26.7 Å². The van der Waals surface area contributed by atoms with Crippen molar-refractivity contribution in [1.29, 1.82) is 0 Å². The van der Waals surface area contributed by atoms with Gasteiger partial charge in [-0.25, -0.2) is 4.99 Å². The summed E-state index contributed by atoms with van der Waals surface area (Å²) in [6.45, 7) is 2.05. The van der Waals surface area contributed by atoms with Crippen molar-refractivity contribution in [2.24, 2.45) is 4.99 Å². The van der Waals surface area contributed by atoms with Crippen LogP contribution >= 0.6 is 0 Å². The molecule has 146 valence electrons. The van der Waals surface area contributed by atoms with Gasteiger partial charge in [0.1, 0.15) is 0 Å². The molecule has 0 aromatic heterocycles. The average molecular weight is 381 g/mol. The van der Waals surface area contributed by atoms with E-state index in [0.29, 0.717) is 17.1 Å². The third kappa shape index (κ3) is 4.14. The Morgan fingerprint density at radius 3 is 2.57 bits per heavy atom. The Morgan fingerprint density at radius 1 is 1.18 bits per heavy atom. The summed E-state index contributed by atoms with van der Waals surface area (Å²) in [5.74, 6) is 0.634. The molecule has 7 heteroatoms. The molecular weight excluding hydrogens is 358 g/mol. The summed E-state index contributed by atoms with van der Waals surface area (Å²) >= 11 is 0. The first-order chi connectivity index (χ1) is 13.5. The molecule has 2 amide bonds. The number of nitrogens with zero attached hydrogens (tertiary/aromatic N) is 1. The fourth-order valence-corrected chi connectivity index (χ4v) is 3.08. The maximum atomic E-state index is 12.5. The first-order valence-corrected chi connectivity index (χ1v) is 9.04. The summed E-state index contributed by atoms with van der Waals surface area (Å²) in [6.07, 6.45) is 1.04. The Bertz CT molecular complexity index is 906. The summed E-state index contributed by atoms with van der Waals surface area (Å²) < 4.78 is 10.8. The number of ether oxygens (including phenoxy) is 2. The van der Waals surface area contributed by atoms with Crippen LogP contribution in [-0.2, 0) is 11.2 Å². The van der Waals surface area contributed by atoms with Gasteiger partial charge in [0.25, 0.3) is 5.91 Å². The minimum Gasteiger partial charge on any atom is -0.493 e. The number of aliphatic imine (C=N–C) groups is 1. The lowest BCUT2D eigenvalue weighted by Crippen LogP contribution is -2.47. The maximum Gasteiger partial charge on any atom is 0.257 e. The van der Waals surface area contributed by atoms with Crippen molar-refractivity contribution in [3.05, 3.63) is 59.2 Å². The number of para-hydroxylation sites is 1. The lowest BCUT2D eigenvalue weighted by molar-refractivity contribution is -0.120. The SMILES string of the molecule is CCc1ccc(C(=O)NC2=NC(c3cccc(OC)c3OC)CC(=O)N2)cc1. The van der Waals surface area contributed by atoms with Crippen LogP contribution in [0.2, 0.25) is 0 Å². The number of rotatable bonds is 5. The Balaban J connectivity index is 1.85. The predicted molar refractivity (Wildman–Crippen MR) is 106 cm³/mol. The van der Waals surface area contributed by atoms with E-state index >= 15 is 0 Å². The number of hydrogen-bond donors (Lipinski definition) is 2. The zero-order valence-electron chi connectivity index (χ0n) is 16.1. The molecule has 2 N–H and O–H groups in total. The van der Waals surface area contributed by atoms with Gasteiger partial charge in [0.15, 0.2) is 11.5 Å². The number of nitrogens with one attached hydrogen (secondary N) is 2. The maximum absolute atomic E-state index is 12.5. The summed E-state index contributed by atoms with van der Waals surface area (Å²) in [5.41, 5.74) is 2.36. The van der Waals surface area contributed by atoms with Crippen LogP contribution in [0, 0.1) is 0 Å². The van der Waals surface area contributed by atoms with Crippen molar-refractivity contribution >= 4 is 17.8 Å². The van der Waals surface area contributed by atoms with Crippen molar-refractivity contribution in [2.75, 3.05) is 14.2 Å². The minimum atomic E-state index is -0.489. The van der Waals surface area contributed by atoms with Crippen LogP contribution < -0.4 is 20.1 Å². The van der Waals surface area contributed by atoms with E-state index in [0.717, 1.165) is 17.5 Å². The van der Waals surface area contributed by atoms with Crippen molar-refractivity contribution in [1.82, 2.24) is 10.6 Å². The molecule has 0 radical (unpaired) electrons. The number of aryl methyl sites for hydroxylation is 1. The lowest BCUT2D eigenvalue weighted by Gasteiger charge is -2.23. The van der Waals surface area contributed by atoms with Gasteiger partial charge in [-0.05, 0) is 30.2 Å². The number of hydrogen-bond acceptors (Lipinski definition) is 5. The highest BCUT2D eigenvalue weighted by Crippen LogP contribution is 2.38. The van der Waals surface area contributed by atoms with Gasteiger partial charge in [-0.3, -0.25) is 20.2 Å². The zero-order valence-corrected chi connectivity index (χ0v) is 16.1. The monoisotopic (exact) mass is 381 g/mol. The Kier molecular flexibility index (Phi) is 5.93. The molecule has 2 aromatic rings. The molecule has 3 rings (SSSR count). The highest BCUT2D eigenvalue weighted by molar-refractivity contribution is 6.10. The van der Waals surface area contributed by atoms with Crippen LogP contribution in [0.5, 0.6) is 11.5 Å². The summed E-state index contributed by atoms with van der Waals surface area (Å²) in [5, 5.41) is 5.29. The molecule has 0 spiro atoms. The van der Waals surface area contributed by atoms with Gasteiger partial charge in [-0.2, -0.15) is 0 Å². The van der Waals surface area contributed by atoms with Crippen molar-refractivity contribution in [3.8, 4) is 11.5 Å². The summed E-state index contributed by atoms with van der Waals surface area (Å²) in [6, 6.07) is 12.2. The van der Waals surface area contributed by atoms with Crippen LogP contribution in [0.3, 0.4) is 0 Å². The highest BCUT2D eigenvalue weighted by atomic mass is 16.5. The Labute approximate surface area is 163 Å². The van der Waals surface area contributed by atoms with Crippen LogP contribution in [0.1, 0.15) is 40.9 Å². The molecular formula is C21H23N3O4. The van der Waals surface area contributed by atoms with E-state index < -0.39 is 6.04 Å². The molecule has 0 aliphatic carbocycles. The molecule has 1 aliphatic heterocycles. The molecule has 1 aliphatic rings. The van der Waals surface area contributed by atoms with Crippen LogP contribution in [-0.4, -0.2) is 32.0 Å². The molecule has 0 bridgehead atoms. The van der Waals surface area contributed by atoms with Gasteiger partial charge >= 0.3 is 0 Å². The molecule has 1 atom stereocenters. The molecule has 28 heavy (non-hydrogen) atoms. The molecule has 1 unspecified atom stereocenters. The summed E-state index contributed by atoms with van der Waals surface area (Å²) in [7, 11) is 3.09. The van der Waals surface area contributed by atoms with E-state index in [-0.39, 0.29) is 24.2 Å². The third-order valence-corrected chi connectivity index (χ3v) is 4.57. The number of amides is 2. The molecule has 0 fully saturated rings. The number of carbonyl (C=O) groups is 2. The van der Waals surface area contributed by atoms with Crippen molar-refractivity contribution in [2.45, 2.75) is 25.8 Å². The van der Waals surface area contributed by atoms with Crippen molar-refractivity contribution in [3.63, 3.8) is 0 Å². The zero-order chi connectivity index (χ0) is 20.1. The molecule has 7 nitrogen and oxygen atoms in total. The van der Waals surface area contributed by atoms with Crippen LogP contribution in [0.4, 0.5) is 0 Å². The second-order valence-corrected chi connectivity index (χ2v) is 6.33. The van der Waals surface area contributed by atoms with Gasteiger partial charge in [0.2, 0.25) is 11.9 Å². The quantitative estimate of drug-likeness (QED) is 0.833. The molecule has 2 aromatic carbocycles. The second-order valence-electron chi connectivity index (χ2n) is 6.33. The Morgan fingerprint density at radius 2 is 1.93 bits per heavy atom. The van der Waals surface area contributed by atoms with E-state index in [2.05, 4.69) is 15.6 Å². The van der Waals surface area contributed by atoms with Crippen LogP contribution in [0.15, 0.2) is 47.5 Å². The van der Waals surface area contributed by atoms with E-state index in [1.165, 1.54) is 7.11 Å². The standard InChI is InChI=1S/C21H23N3O4/c1-4-13-8-10-14(11-9-13)20(26)24-21-22-16(12-18(25)23-21)15-6-5-7-17(27-2)19(15)28-3/h5-11,16H,4,12H2,1-3H3,(H2,22,23,24,25,26). The highest BCUT2D eigenvalue weighted by Gasteiger charge is 2.27. The summed E-state index contributed by atoms with van der Waals surface area (Å²) in [4.78, 5) is 29.2. The van der Waals surface area contributed by atoms with Crippen LogP contribution in [0.25, 0.3) is 0 Å². The average Bonchev–Trinajstić information content (AvgIpc) is 2.72. The first kappa shape index (κ1) is 19.4. The smallest absolute Gasteiger partial charge is 0.257 e. The predicted octanol–water partition coefficient (Wildman–Crippen LogP) is 2.61. The number of carbonyl (C=O) groups excluding carboxylic acids is 2. The van der Waals surface area contributed by atoms with Crippen molar-refractivity contribution < 1.29 is 19.1 Å². The van der Waals surface area contributed by atoms with E-state index in [1.54, 1.807) is 25.3 Å².